The largest absolute Gasteiger partial charge is 0.378 e. The first-order chi connectivity index (χ1) is 9.19. The highest BCUT2D eigenvalue weighted by molar-refractivity contribution is 6.31. The van der Waals surface area contributed by atoms with Crippen LogP contribution in [0.3, 0.4) is 0 Å². The lowest BCUT2D eigenvalue weighted by atomic mass is 9.99. The lowest BCUT2D eigenvalue weighted by molar-refractivity contribution is 0.0996. The van der Waals surface area contributed by atoms with Gasteiger partial charge < -0.3 is 4.74 Å². The summed E-state index contributed by atoms with van der Waals surface area (Å²) in [6.45, 7) is 0.862. The standard InChI is InChI=1S/C14H20ClFN2O/c15-14-6-3-11(16)8-10(14)9-12(18-17)4-5-13-2-1-7-19-13/h3,6,8,12-13,18H,1-2,4-5,7,9,17H2. The average Bonchev–Trinajstić information content (AvgIpc) is 2.91. The van der Waals surface area contributed by atoms with Crippen molar-refractivity contribution in [2.24, 2.45) is 5.84 Å². The molecule has 3 N–H and O–H groups in total. The topological polar surface area (TPSA) is 47.3 Å². The zero-order valence-corrected chi connectivity index (χ0v) is 11.6. The van der Waals surface area contributed by atoms with Crippen molar-refractivity contribution in [3.63, 3.8) is 0 Å². The normalized spacial score (nSPS) is 20.7. The maximum atomic E-state index is 13.2. The number of nitrogens with two attached hydrogens (primary N) is 1. The summed E-state index contributed by atoms with van der Waals surface area (Å²) in [6.07, 6.45) is 5.10. The molecular formula is C14H20ClFN2O. The van der Waals surface area contributed by atoms with E-state index < -0.39 is 0 Å². The first-order valence-corrected chi connectivity index (χ1v) is 7.08. The molecule has 106 valence electrons. The first-order valence-electron chi connectivity index (χ1n) is 6.70. The Morgan fingerprint density at radius 2 is 2.37 bits per heavy atom. The Morgan fingerprint density at radius 1 is 1.53 bits per heavy atom. The Morgan fingerprint density at radius 3 is 3.05 bits per heavy atom. The van der Waals surface area contributed by atoms with Crippen LogP contribution >= 0.6 is 11.6 Å². The molecule has 19 heavy (non-hydrogen) atoms. The molecule has 1 aromatic carbocycles. The van der Waals surface area contributed by atoms with E-state index in [2.05, 4.69) is 5.43 Å². The number of ether oxygens (including phenoxy) is 1. The lowest BCUT2D eigenvalue weighted by Gasteiger charge is -2.18. The van der Waals surface area contributed by atoms with Gasteiger partial charge >= 0.3 is 0 Å². The SMILES string of the molecule is NNC(CCC1CCCO1)Cc1cc(F)ccc1Cl. The summed E-state index contributed by atoms with van der Waals surface area (Å²) in [5, 5.41) is 0.582. The first kappa shape index (κ1) is 14.7. The van der Waals surface area contributed by atoms with Gasteiger partial charge in [-0.05, 0) is 55.9 Å². The van der Waals surface area contributed by atoms with Gasteiger partial charge in [0.1, 0.15) is 5.82 Å². The summed E-state index contributed by atoms with van der Waals surface area (Å²) >= 11 is 6.06. The molecule has 0 radical (unpaired) electrons. The molecule has 1 aliphatic rings. The molecule has 1 aliphatic heterocycles. The van der Waals surface area contributed by atoms with Gasteiger partial charge in [0.2, 0.25) is 0 Å². The van der Waals surface area contributed by atoms with Crippen molar-refractivity contribution in [1.29, 1.82) is 0 Å². The van der Waals surface area contributed by atoms with E-state index >= 15 is 0 Å². The predicted octanol–water partition coefficient (Wildman–Crippen LogP) is 2.81. The van der Waals surface area contributed by atoms with Crippen LogP contribution < -0.4 is 11.3 Å². The molecule has 0 spiro atoms. The maximum absolute atomic E-state index is 13.2. The molecule has 1 fully saturated rings. The van der Waals surface area contributed by atoms with Crippen LogP contribution in [0.2, 0.25) is 5.02 Å². The predicted molar refractivity (Wildman–Crippen MR) is 74.4 cm³/mol. The monoisotopic (exact) mass is 286 g/mol. The molecule has 0 bridgehead atoms. The fourth-order valence-electron chi connectivity index (χ4n) is 2.47. The van der Waals surface area contributed by atoms with Crippen LogP contribution in [0.1, 0.15) is 31.2 Å². The van der Waals surface area contributed by atoms with Gasteiger partial charge in [-0.2, -0.15) is 0 Å². The van der Waals surface area contributed by atoms with Crippen LogP contribution in [0, 0.1) is 5.82 Å². The molecule has 1 aromatic rings. The van der Waals surface area contributed by atoms with E-state index in [1.807, 2.05) is 0 Å². The Hall–Kier alpha value is -0.680. The van der Waals surface area contributed by atoms with Crippen LogP contribution in [0.15, 0.2) is 18.2 Å². The van der Waals surface area contributed by atoms with Crippen molar-refractivity contribution in [3.05, 3.63) is 34.6 Å². The fourth-order valence-corrected chi connectivity index (χ4v) is 2.66. The quantitative estimate of drug-likeness (QED) is 0.624. The maximum Gasteiger partial charge on any atom is 0.123 e. The van der Waals surface area contributed by atoms with Crippen LogP contribution in [-0.4, -0.2) is 18.8 Å². The molecule has 0 aromatic heterocycles. The number of nitrogens with one attached hydrogen (secondary N) is 1. The number of hydrogen-bond donors (Lipinski definition) is 2. The van der Waals surface area contributed by atoms with Gasteiger partial charge in [0, 0.05) is 17.7 Å². The minimum Gasteiger partial charge on any atom is -0.378 e. The summed E-state index contributed by atoms with van der Waals surface area (Å²) in [7, 11) is 0. The number of rotatable bonds is 6. The number of halogens is 2. The molecule has 2 atom stereocenters. The van der Waals surface area contributed by atoms with Crippen molar-refractivity contribution in [1.82, 2.24) is 5.43 Å². The van der Waals surface area contributed by atoms with Crippen molar-refractivity contribution in [2.45, 2.75) is 44.2 Å². The third-order valence-electron chi connectivity index (χ3n) is 3.57. The lowest BCUT2D eigenvalue weighted by Crippen LogP contribution is -2.37. The number of benzene rings is 1. The number of hydrogen-bond acceptors (Lipinski definition) is 3. The molecule has 2 rings (SSSR count). The Labute approximate surface area is 118 Å². The molecule has 1 heterocycles. The van der Waals surface area contributed by atoms with E-state index in [0.29, 0.717) is 17.5 Å². The molecular weight excluding hydrogens is 267 g/mol. The second kappa shape index (κ2) is 7.20. The zero-order chi connectivity index (χ0) is 13.7. The Bertz CT molecular complexity index is 410. The van der Waals surface area contributed by atoms with E-state index in [4.69, 9.17) is 22.2 Å². The number of hydrazine groups is 1. The molecule has 0 amide bonds. The van der Waals surface area contributed by atoms with E-state index in [-0.39, 0.29) is 11.9 Å². The van der Waals surface area contributed by atoms with Crippen LogP contribution in [0.4, 0.5) is 4.39 Å². The van der Waals surface area contributed by atoms with E-state index in [1.165, 1.54) is 12.1 Å². The van der Waals surface area contributed by atoms with Gasteiger partial charge in [0.15, 0.2) is 0 Å². The molecule has 2 unspecified atom stereocenters. The van der Waals surface area contributed by atoms with E-state index in [0.717, 1.165) is 37.9 Å². The van der Waals surface area contributed by atoms with Gasteiger partial charge in [0.25, 0.3) is 0 Å². The highest BCUT2D eigenvalue weighted by atomic mass is 35.5. The second-order valence-electron chi connectivity index (χ2n) is 5.02. The Kier molecular flexibility index (Phi) is 5.58. The zero-order valence-electron chi connectivity index (χ0n) is 10.9. The summed E-state index contributed by atoms with van der Waals surface area (Å²) in [4.78, 5) is 0. The van der Waals surface area contributed by atoms with E-state index in [1.54, 1.807) is 6.07 Å². The van der Waals surface area contributed by atoms with Crippen molar-refractivity contribution < 1.29 is 9.13 Å². The highest BCUT2D eigenvalue weighted by Crippen LogP contribution is 2.22. The Balaban J connectivity index is 1.88. The smallest absolute Gasteiger partial charge is 0.123 e. The molecule has 0 saturated carbocycles. The summed E-state index contributed by atoms with van der Waals surface area (Å²) in [6, 6.07) is 4.50. The highest BCUT2D eigenvalue weighted by Gasteiger charge is 2.18. The van der Waals surface area contributed by atoms with Crippen molar-refractivity contribution in [2.75, 3.05) is 6.61 Å². The van der Waals surface area contributed by atoms with Crippen molar-refractivity contribution in [3.8, 4) is 0 Å². The molecule has 0 aliphatic carbocycles. The van der Waals surface area contributed by atoms with Crippen LogP contribution in [0.5, 0.6) is 0 Å². The van der Waals surface area contributed by atoms with Gasteiger partial charge in [-0.25, -0.2) is 4.39 Å². The summed E-state index contributed by atoms with van der Waals surface area (Å²) in [5.41, 5.74) is 3.57. The third-order valence-corrected chi connectivity index (χ3v) is 3.94. The van der Waals surface area contributed by atoms with Gasteiger partial charge in [-0.1, -0.05) is 11.6 Å². The minimum absolute atomic E-state index is 0.0866. The molecule has 1 saturated heterocycles. The van der Waals surface area contributed by atoms with Crippen LogP contribution in [0.25, 0.3) is 0 Å². The summed E-state index contributed by atoms with van der Waals surface area (Å²) in [5.74, 6) is 5.30. The third kappa shape index (κ3) is 4.42. The minimum atomic E-state index is -0.269. The second-order valence-corrected chi connectivity index (χ2v) is 5.42. The van der Waals surface area contributed by atoms with Gasteiger partial charge in [0.05, 0.1) is 6.10 Å². The van der Waals surface area contributed by atoms with Crippen LogP contribution in [-0.2, 0) is 11.2 Å². The van der Waals surface area contributed by atoms with E-state index in [9.17, 15) is 4.39 Å². The van der Waals surface area contributed by atoms with Crippen molar-refractivity contribution >= 4 is 11.6 Å². The van der Waals surface area contributed by atoms with Gasteiger partial charge in [-0.15, -0.1) is 0 Å². The molecule has 3 nitrogen and oxygen atoms in total. The fraction of sp³-hybridized carbons (Fsp3) is 0.571. The summed E-state index contributed by atoms with van der Waals surface area (Å²) < 4.78 is 18.8. The van der Waals surface area contributed by atoms with Gasteiger partial charge in [-0.3, -0.25) is 11.3 Å². The average molecular weight is 287 g/mol. The molecule has 5 heteroatoms.